The van der Waals surface area contributed by atoms with Gasteiger partial charge in [-0.3, -0.25) is 9.67 Å². The maximum Gasteiger partial charge on any atom is 0.138 e. The summed E-state index contributed by atoms with van der Waals surface area (Å²) in [7, 11) is 1.80. The van der Waals surface area contributed by atoms with Crippen LogP contribution in [0.1, 0.15) is 5.56 Å². The summed E-state index contributed by atoms with van der Waals surface area (Å²) in [5.74, 6) is -1.14. The van der Waals surface area contributed by atoms with Gasteiger partial charge in [-0.05, 0) is 13.0 Å². The number of hydrogen-bond acceptors (Lipinski definition) is 2. The Balaban J connectivity index is 2.26. The van der Waals surface area contributed by atoms with E-state index in [-0.39, 0.29) is 5.56 Å². The van der Waals surface area contributed by atoms with Crippen LogP contribution < -0.4 is 0 Å². The first-order chi connectivity index (χ1) is 9.06. The highest BCUT2D eigenvalue weighted by atomic mass is 19.1. The van der Waals surface area contributed by atoms with E-state index in [1.807, 2.05) is 6.20 Å². The van der Waals surface area contributed by atoms with Gasteiger partial charge in [0.25, 0.3) is 0 Å². The van der Waals surface area contributed by atoms with Crippen LogP contribution in [0.4, 0.5) is 8.78 Å². The standard InChI is InChI=1S/C14H11F2N3/c1-8-12(15)4-13-11(14(8)16)3-9(5-17-13)10-6-18-19(2)7-10/h3-7H,1-2H3. The van der Waals surface area contributed by atoms with Gasteiger partial charge in [-0.2, -0.15) is 5.10 Å². The fourth-order valence-electron chi connectivity index (χ4n) is 2.03. The zero-order chi connectivity index (χ0) is 13.6. The van der Waals surface area contributed by atoms with E-state index in [9.17, 15) is 8.78 Å². The largest absolute Gasteiger partial charge is 0.275 e. The molecule has 2 aromatic heterocycles. The molecular weight excluding hydrogens is 248 g/mol. The van der Waals surface area contributed by atoms with E-state index in [0.717, 1.165) is 11.1 Å². The Hall–Kier alpha value is -2.30. The SMILES string of the molecule is Cc1c(F)cc2ncc(-c3cnn(C)c3)cc2c1F. The minimum atomic E-state index is -0.577. The molecule has 0 atom stereocenters. The molecule has 5 heteroatoms. The van der Waals surface area contributed by atoms with Crippen molar-refractivity contribution in [1.82, 2.24) is 14.8 Å². The zero-order valence-electron chi connectivity index (χ0n) is 10.5. The van der Waals surface area contributed by atoms with Crippen molar-refractivity contribution in [2.75, 3.05) is 0 Å². The van der Waals surface area contributed by atoms with Gasteiger partial charge >= 0.3 is 0 Å². The lowest BCUT2D eigenvalue weighted by Crippen LogP contribution is -1.93. The molecule has 0 saturated carbocycles. The molecule has 0 N–H and O–H groups in total. The van der Waals surface area contributed by atoms with E-state index in [1.165, 1.54) is 13.0 Å². The summed E-state index contributed by atoms with van der Waals surface area (Å²) < 4.78 is 29.2. The molecule has 0 saturated heterocycles. The summed E-state index contributed by atoms with van der Waals surface area (Å²) in [5, 5.41) is 4.38. The first kappa shape index (κ1) is 11.8. The van der Waals surface area contributed by atoms with Crippen molar-refractivity contribution in [1.29, 1.82) is 0 Å². The van der Waals surface area contributed by atoms with Gasteiger partial charge in [-0.15, -0.1) is 0 Å². The number of hydrogen-bond donors (Lipinski definition) is 0. The molecule has 3 rings (SSSR count). The second kappa shape index (κ2) is 4.12. The molecule has 0 fully saturated rings. The molecule has 19 heavy (non-hydrogen) atoms. The molecular formula is C14H11F2N3. The molecule has 0 amide bonds. The maximum atomic E-state index is 14.1. The second-order valence-electron chi connectivity index (χ2n) is 4.49. The highest BCUT2D eigenvalue weighted by molar-refractivity contribution is 5.84. The van der Waals surface area contributed by atoms with E-state index in [4.69, 9.17) is 0 Å². The third kappa shape index (κ3) is 1.87. The molecule has 1 aromatic carbocycles. The van der Waals surface area contributed by atoms with Gasteiger partial charge < -0.3 is 0 Å². The summed E-state index contributed by atoms with van der Waals surface area (Å²) in [5.41, 5.74) is 1.93. The van der Waals surface area contributed by atoms with Crippen LogP contribution in [0.5, 0.6) is 0 Å². The normalized spacial score (nSPS) is 11.2. The molecule has 0 spiro atoms. The predicted octanol–water partition coefficient (Wildman–Crippen LogP) is 3.22. The number of pyridine rings is 1. The van der Waals surface area contributed by atoms with Gasteiger partial charge in [0.15, 0.2) is 0 Å². The van der Waals surface area contributed by atoms with Crippen LogP contribution in [0, 0.1) is 18.6 Å². The first-order valence-electron chi connectivity index (χ1n) is 5.79. The van der Waals surface area contributed by atoms with Crippen LogP contribution in [0.25, 0.3) is 22.0 Å². The molecule has 3 nitrogen and oxygen atoms in total. The fraction of sp³-hybridized carbons (Fsp3) is 0.143. The fourth-order valence-corrected chi connectivity index (χ4v) is 2.03. The summed E-state index contributed by atoms with van der Waals surface area (Å²) in [6.07, 6.45) is 5.09. The number of nitrogens with zero attached hydrogens (tertiary/aromatic N) is 3. The van der Waals surface area contributed by atoms with Crippen LogP contribution in [-0.2, 0) is 7.05 Å². The summed E-state index contributed by atoms with van der Waals surface area (Å²) in [4.78, 5) is 4.11. The van der Waals surface area contributed by atoms with Crippen LogP contribution >= 0.6 is 0 Å². The average molecular weight is 259 g/mol. The van der Waals surface area contributed by atoms with Gasteiger partial charge in [0.1, 0.15) is 11.6 Å². The first-order valence-corrected chi connectivity index (χ1v) is 5.79. The summed E-state index contributed by atoms with van der Waals surface area (Å²) in [6, 6.07) is 2.92. The molecule has 0 unspecified atom stereocenters. The van der Waals surface area contributed by atoms with Crippen molar-refractivity contribution in [2.45, 2.75) is 6.92 Å². The highest BCUT2D eigenvalue weighted by Crippen LogP contribution is 2.26. The third-order valence-electron chi connectivity index (χ3n) is 3.14. The van der Waals surface area contributed by atoms with E-state index in [2.05, 4.69) is 10.1 Å². The van der Waals surface area contributed by atoms with Crippen LogP contribution in [-0.4, -0.2) is 14.8 Å². The topological polar surface area (TPSA) is 30.7 Å². The molecule has 96 valence electrons. The van der Waals surface area contributed by atoms with E-state index in [0.29, 0.717) is 10.9 Å². The average Bonchev–Trinajstić information content (AvgIpc) is 2.83. The van der Waals surface area contributed by atoms with Crippen molar-refractivity contribution < 1.29 is 8.78 Å². The lowest BCUT2D eigenvalue weighted by atomic mass is 10.1. The van der Waals surface area contributed by atoms with Crippen LogP contribution in [0.3, 0.4) is 0 Å². The zero-order valence-corrected chi connectivity index (χ0v) is 10.5. The number of halogens is 2. The minimum Gasteiger partial charge on any atom is -0.275 e. The van der Waals surface area contributed by atoms with E-state index >= 15 is 0 Å². The van der Waals surface area contributed by atoms with Gasteiger partial charge in [-0.1, -0.05) is 0 Å². The molecule has 0 aliphatic carbocycles. The van der Waals surface area contributed by atoms with Crippen molar-refractivity contribution in [3.8, 4) is 11.1 Å². The van der Waals surface area contributed by atoms with Crippen molar-refractivity contribution in [3.05, 3.63) is 47.9 Å². The Morgan fingerprint density at radius 3 is 2.58 bits per heavy atom. The predicted molar refractivity (Wildman–Crippen MR) is 68.6 cm³/mol. The van der Waals surface area contributed by atoms with Crippen molar-refractivity contribution in [3.63, 3.8) is 0 Å². The molecule has 2 heterocycles. The summed E-state index contributed by atoms with van der Waals surface area (Å²) >= 11 is 0. The second-order valence-corrected chi connectivity index (χ2v) is 4.49. The molecule has 0 radical (unpaired) electrons. The molecule has 0 aliphatic heterocycles. The molecule has 0 aliphatic rings. The Morgan fingerprint density at radius 1 is 1.11 bits per heavy atom. The molecule has 0 bridgehead atoms. The van der Waals surface area contributed by atoms with Gasteiger partial charge in [0, 0.05) is 47.6 Å². The summed E-state index contributed by atoms with van der Waals surface area (Å²) in [6.45, 7) is 1.42. The number of benzene rings is 1. The van der Waals surface area contributed by atoms with Crippen LogP contribution in [0.15, 0.2) is 30.7 Å². The number of aromatic nitrogens is 3. The lowest BCUT2D eigenvalue weighted by Gasteiger charge is -2.05. The monoisotopic (exact) mass is 259 g/mol. The quantitative estimate of drug-likeness (QED) is 0.671. The van der Waals surface area contributed by atoms with Gasteiger partial charge in [0.2, 0.25) is 0 Å². The maximum absolute atomic E-state index is 14.1. The lowest BCUT2D eigenvalue weighted by molar-refractivity contribution is 0.576. The van der Waals surface area contributed by atoms with E-state index < -0.39 is 11.6 Å². The number of aryl methyl sites for hydroxylation is 1. The van der Waals surface area contributed by atoms with Gasteiger partial charge in [0.05, 0.1) is 11.7 Å². The number of rotatable bonds is 1. The third-order valence-corrected chi connectivity index (χ3v) is 3.14. The Morgan fingerprint density at radius 2 is 1.89 bits per heavy atom. The smallest absolute Gasteiger partial charge is 0.138 e. The van der Waals surface area contributed by atoms with Gasteiger partial charge in [-0.25, -0.2) is 8.78 Å². The Bertz CT molecular complexity index is 778. The Kier molecular flexibility index (Phi) is 2.55. The molecule has 3 aromatic rings. The van der Waals surface area contributed by atoms with Crippen molar-refractivity contribution >= 4 is 10.9 Å². The van der Waals surface area contributed by atoms with Crippen molar-refractivity contribution in [2.24, 2.45) is 7.05 Å². The number of fused-ring (bicyclic) bond motifs is 1. The Labute approximate surface area is 108 Å². The van der Waals surface area contributed by atoms with Crippen LogP contribution in [0.2, 0.25) is 0 Å². The minimum absolute atomic E-state index is 0.0117. The highest BCUT2D eigenvalue weighted by Gasteiger charge is 2.12. The van der Waals surface area contributed by atoms with E-state index in [1.54, 1.807) is 30.2 Å².